The predicted octanol–water partition coefficient (Wildman–Crippen LogP) is 2.31. The van der Waals surface area contributed by atoms with E-state index in [1.807, 2.05) is 17.5 Å². The molecule has 0 amide bonds. The molecule has 0 saturated carbocycles. The second-order valence-corrected chi connectivity index (χ2v) is 3.35. The summed E-state index contributed by atoms with van der Waals surface area (Å²) in [6.07, 6.45) is 3.46. The lowest BCUT2D eigenvalue weighted by molar-refractivity contribution is 0.104. The fourth-order valence-corrected chi connectivity index (χ4v) is 1.70. The van der Waals surface area contributed by atoms with Gasteiger partial charge in [-0.2, -0.15) is 0 Å². The number of ketones is 1. The Balaban J connectivity index is 2.34. The lowest BCUT2D eigenvalue weighted by Crippen LogP contribution is -1.95. The number of nitrogens with one attached hydrogen (secondary N) is 1. The SMILES string of the molecule is O=C(c1cc[nH]c1)c1cccs1. The molecule has 0 spiro atoms. The Morgan fingerprint density at radius 2 is 2.33 bits per heavy atom. The lowest BCUT2D eigenvalue weighted by atomic mass is 10.2. The summed E-state index contributed by atoms with van der Waals surface area (Å²) in [4.78, 5) is 15.2. The summed E-state index contributed by atoms with van der Waals surface area (Å²) >= 11 is 1.47. The summed E-state index contributed by atoms with van der Waals surface area (Å²) in [5.74, 6) is 0.0891. The molecule has 2 aromatic rings. The molecule has 2 rings (SSSR count). The Morgan fingerprint density at radius 1 is 1.42 bits per heavy atom. The molecule has 0 fully saturated rings. The van der Waals surface area contributed by atoms with E-state index in [-0.39, 0.29) is 5.78 Å². The van der Waals surface area contributed by atoms with Crippen molar-refractivity contribution in [2.24, 2.45) is 0 Å². The van der Waals surface area contributed by atoms with Crippen LogP contribution in [0.2, 0.25) is 0 Å². The van der Waals surface area contributed by atoms with E-state index in [0.29, 0.717) is 0 Å². The van der Waals surface area contributed by atoms with E-state index in [2.05, 4.69) is 4.98 Å². The zero-order valence-corrected chi connectivity index (χ0v) is 7.10. The normalized spacial score (nSPS) is 10.0. The Labute approximate surface area is 73.9 Å². The number of H-pyrrole nitrogens is 1. The first-order chi connectivity index (χ1) is 5.88. The molecular weight excluding hydrogens is 170 g/mol. The van der Waals surface area contributed by atoms with Crippen LogP contribution < -0.4 is 0 Å². The molecule has 2 aromatic heterocycles. The lowest BCUT2D eigenvalue weighted by Gasteiger charge is -1.90. The van der Waals surface area contributed by atoms with Gasteiger partial charge in [0, 0.05) is 18.0 Å². The van der Waals surface area contributed by atoms with E-state index in [9.17, 15) is 4.79 Å². The molecule has 60 valence electrons. The van der Waals surface area contributed by atoms with Crippen LogP contribution in [0.4, 0.5) is 0 Å². The quantitative estimate of drug-likeness (QED) is 0.701. The van der Waals surface area contributed by atoms with Gasteiger partial charge in [0.15, 0.2) is 0 Å². The van der Waals surface area contributed by atoms with Crippen LogP contribution >= 0.6 is 11.3 Å². The Hall–Kier alpha value is -1.35. The maximum atomic E-state index is 11.6. The molecular formula is C9H7NOS. The van der Waals surface area contributed by atoms with Crippen molar-refractivity contribution >= 4 is 17.1 Å². The number of aromatic nitrogens is 1. The highest BCUT2D eigenvalue weighted by molar-refractivity contribution is 7.12. The third-order valence-electron chi connectivity index (χ3n) is 1.61. The van der Waals surface area contributed by atoms with E-state index in [1.165, 1.54) is 11.3 Å². The number of carbonyl (C=O) groups is 1. The Morgan fingerprint density at radius 3 is 2.92 bits per heavy atom. The predicted molar refractivity (Wildman–Crippen MR) is 48.5 cm³/mol. The molecule has 0 bridgehead atoms. The molecule has 0 aromatic carbocycles. The fourth-order valence-electron chi connectivity index (χ4n) is 1.02. The van der Waals surface area contributed by atoms with E-state index in [4.69, 9.17) is 0 Å². The van der Waals surface area contributed by atoms with Gasteiger partial charge in [-0.15, -0.1) is 11.3 Å². The van der Waals surface area contributed by atoms with Crippen molar-refractivity contribution in [2.45, 2.75) is 0 Å². The molecule has 0 saturated heterocycles. The third kappa shape index (κ3) is 1.19. The largest absolute Gasteiger partial charge is 0.367 e. The van der Waals surface area contributed by atoms with Gasteiger partial charge in [0.1, 0.15) is 0 Å². The van der Waals surface area contributed by atoms with Crippen LogP contribution in [0.25, 0.3) is 0 Å². The summed E-state index contributed by atoms with van der Waals surface area (Å²) in [6, 6.07) is 5.49. The van der Waals surface area contributed by atoms with Crippen molar-refractivity contribution in [3.05, 3.63) is 46.4 Å². The van der Waals surface area contributed by atoms with Gasteiger partial charge in [0.25, 0.3) is 0 Å². The van der Waals surface area contributed by atoms with Crippen molar-refractivity contribution in [1.82, 2.24) is 4.98 Å². The molecule has 0 atom stereocenters. The molecule has 12 heavy (non-hydrogen) atoms. The first-order valence-corrected chi connectivity index (χ1v) is 4.47. The minimum atomic E-state index is 0.0891. The van der Waals surface area contributed by atoms with E-state index in [1.54, 1.807) is 18.5 Å². The highest BCUT2D eigenvalue weighted by atomic mass is 32.1. The smallest absolute Gasteiger partial charge is 0.204 e. The van der Waals surface area contributed by atoms with Gasteiger partial charge in [-0.3, -0.25) is 4.79 Å². The van der Waals surface area contributed by atoms with Gasteiger partial charge in [-0.05, 0) is 17.5 Å². The van der Waals surface area contributed by atoms with Crippen molar-refractivity contribution in [2.75, 3.05) is 0 Å². The number of hydrogen-bond acceptors (Lipinski definition) is 2. The van der Waals surface area contributed by atoms with Crippen LogP contribution in [0.3, 0.4) is 0 Å². The first kappa shape index (κ1) is 7.31. The monoisotopic (exact) mass is 177 g/mol. The topological polar surface area (TPSA) is 32.9 Å². The maximum absolute atomic E-state index is 11.6. The molecule has 0 aliphatic heterocycles. The minimum Gasteiger partial charge on any atom is -0.367 e. The molecule has 0 radical (unpaired) electrons. The zero-order valence-electron chi connectivity index (χ0n) is 6.28. The van der Waals surface area contributed by atoms with Crippen molar-refractivity contribution in [3.8, 4) is 0 Å². The van der Waals surface area contributed by atoms with Crippen molar-refractivity contribution in [1.29, 1.82) is 0 Å². The summed E-state index contributed by atoms with van der Waals surface area (Å²) in [5.41, 5.74) is 0.720. The first-order valence-electron chi connectivity index (χ1n) is 3.59. The van der Waals surface area contributed by atoms with Crippen LogP contribution in [-0.2, 0) is 0 Å². The van der Waals surface area contributed by atoms with Gasteiger partial charge in [-0.25, -0.2) is 0 Å². The van der Waals surface area contributed by atoms with Gasteiger partial charge < -0.3 is 4.98 Å². The summed E-state index contributed by atoms with van der Waals surface area (Å²) in [6.45, 7) is 0. The zero-order chi connectivity index (χ0) is 8.39. The summed E-state index contributed by atoms with van der Waals surface area (Å²) in [5, 5.41) is 1.90. The summed E-state index contributed by atoms with van der Waals surface area (Å²) in [7, 11) is 0. The van der Waals surface area contributed by atoms with Crippen LogP contribution in [0, 0.1) is 0 Å². The molecule has 0 aliphatic rings. The molecule has 1 N–H and O–H groups in total. The van der Waals surface area contributed by atoms with E-state index < -0.39 is 0 Å². The van der Waals surface area contributed by atoms with E-state index >= 15 is 0 Å². The Bertz CT molecular complexity index is 325. The van der Waals surface area contributed by atoms with Crippen LogP contribution in [0.15, 0.2) is 36.0 Å². The van der Waals surface area contributed by atoms with Gasteiger partial charge >= 0.3 is 0 Å². The Kier molecular flexibility index (Phi) is 1.80. The molecule has 3 heteroatoms. The number of carbonyl (C=O) groups excluding carboxylic acids is 1. The fraction of sp³-hybridized carbons (Fsp3) is 0. The maximum Gasteiger partial charge on any atom is 0.204 e. The summed E-state index contributed by atoms with van der Waals surface area (Å²) < 4.78 is 0. The third-order valence-corrected chi connectivity index (χ3v) is 2.47. The molecule has 0 aliphatic carbocycles. The average Bonchev–Trinajstić information content (AvgIpc) is 2.77. The van der Waals surface area contributed by atoms with E-state index in [0.717, 1.165) is 10.4 Å². The van der Waals surface area contributed by atoms with Crippen molar-refractivity contribution < 1.29 is 4.79 Å². The van der Waals surface area contributed by atoms with Crippen LogP contribution in [0.5, 0.6) is 0 Å². The second-order valence-electron chi connectivity index (χ2n) is 2.41. The average molecular weight is 177 g/mol. The van der Waals surface area contributed by atoms with Crippen LogP contribution in [0.1, 0.15) is 15.2 Å². The molecule has 2 nitrogen and oxygen atoms in total. The molecule has 2 heterocycles. The molecule has 0 unspecified atom stereocenters. The van der Waals surface area contributed by atoms with Gasteiger partial charge in [0.2, 0.25) is 5.78 Å². The van der Waals surface area contributed by atoms with Crippen molar-refractivity contribution in [3.63, 3.8) is 0 Å². The second kappa shape index (κ2) is 2.95. The highest BCUT2D eigenvalue weighted by Gasteiger charge is 2.08. The number of hydrogen-bond donors (Lipinski definition) is 1. The van der Waals surface area contributed by atoms with Crippen LogP contribution in [-0.4, -0.2) is 10.8 Å². The standard InChI is InChI=1S/C9H7NOS/c11-9(7-3-4-10-6-7)8-2-1-5-12-8/h1-6,10H. The number of rotatable bonds is 2. The minimum absolute atomic E-state index is 0.0891. The number of thiophene rings is 1. The number of aromatic amines is 1. The van der Waals surface area contributed by atoms with Gasteiger partial charge in [-0.1, -0.05) is 6.07 Å². The highest BCUT2D eigenvalue weighted by Crippen LogP contribution is 2.13. The van der Waals surface area contributed by atoms with Gasteiger partial charge in [0.05, 0.1) is 4.88 Å².